The average molecular weight is 305 g/mol. The van der Waals surface area contributed by atoms with Crippen LogP contribution in [0.2, 0.25) is 0 Å². The molecule has 1 aliphatic carbocycles. The number of thioether (sulfide) groups is 1. The van der Waals surface area contributed by atoms with E-state index in [1.54, 1.807) is 0 Å². The second-order valence-electron chi connectivity index (χ2n) is 5.53. The quantitative estimate of drug-likeness (QED) is 0.888. The summed E-state index contributed by atoms with van der Waals surface area (Å²) in [6.45, 7) is 2.95. The summed E-state index contributed by atoms with van der Waals surface area (Å²) in [5, 5.41) is 7.68. The molecule has 0 saturated heterocycles. The molecular formula is C15H23N5S. The van der Waals surface area contributed by atoms with Crippen molar-refractivity contribution in [3.8, 4) is 0 Å². The number of anilines is 2. The van der Waals surface area contributed by atoms with Crippen LogP contribution in [-0.2, 0) is 0 Å². The molecule has 0 spiro atoms. The summed E-state index contributed by atoms with van der Waals surface area (Å²) in [5.74, 6) is 1.79. The van der Waals surface area contributed by atoms with Gasteiger partial charge in [0.2, 0.25) is 0 Å². The molecule has 114 valence electrons. The van der Waals surface area contributed by atoms with Crippen LogP contribution in [0.4, 0.5) is 11.6 Å². The van der Waals surface area contributed by atoms with Crippen LogP contribution in [0.25, 0.3) is 5.65 Å². The zero-order valence-corrected chi connectivity index (χ0v) is 13.5. The third-order valence-corrected chi connectivity index (χ3v) is 5.13. The SMILES string of the molecule is CCNc1cn2ccnc2c(NC2CCCC(SC)C2)n1. The Morgan fingerprint density at radius 3 is 3.14 bits per heavy atom. The van der Waals surface area contributed by atoms with Gasteiger partial charge in [-0.3, -0.25) is 0 Å². The molecule has 2 heterocycles. The second kappa shape index (κ2) is 6.56. The van der Waals surface area contributed by atoms with Gasteiger partial charge in [0.25, 0.3) is 0 Å². The van der Waals surface area contributed by atoms with E-state index < -0.39 is 0 Å². The monoisotopic (exact) mass is 305 g/mol. The average Bonchev–Trinajstić information content (AvgIpc) is 2.96. The second-order valence-corrected chi connectivity index (χ2v) is 6.67. The van der Waals surface area contributed by atoms with Crippen molar-refractivity contribution in [3.63, 3.8) is 0 Å². The highest BCUT2D eigenvalue weighted by atomic mass is 32.2. The number of fused-ring (bicyclic) bond motifs is 1. The van der Waals surface area contributed by atoms with E-state index in [1.807, 2.05) is 34.8 Å². The first kappa shape index (κ1) is 14.5. The molecule has 2 atom stereocenters. The molecule has 5 nitrogen and oxygen atoms in total. The Hall–Kier alpha value is -1.43. The molecule has 2 aromatic rings. The van der Waals surface area contributed by atoms with Gasteiger partial charge in [-0.2, -0.15) is 11.8 Å². The topological polar surface area (TPSA) is 54.2 Å². The Kier molecular flexibility index (Phi) is 4.53. The van der Waals surface area contributed by atoms with Gasteiger partial charge in [0.05, 0.1) is 6.20 Å². The van der Waals surface area contributed by atoms with Crippen molar-refractivity contribution in [3.05, 3.63) is 18.6 Å². The number of aromatic nitrogens is 3. The van der Waals surface area contributed by atoms with Crippen molar-refractivity contribution in [2.24, 2.45) is 0 Å². The van der Waals surface area contributed by atoms with Crippen molar-refractivity contribution >= 4 is 29.0 Å². The van der Waals surface area contributed by atoms with Gasteiger partial charge >= 0.3 is 0 Å². The fourth-order valence-electron chi connectivity index (χ4n) is 2.98. The van der Waals surface area contributed by atoms with Gasteiger partial charge in [-0.1, -0.05) is 6.42 Å². The normalized spacial score (nSPS) is 22.4. The van der Waals surface area contributed by atoms with E-state index in [2.05, 4.69) is 28.8 Å². The molecule has 21 heavy (non-hydrogen) atoms. The molecule has 0 aliphatic heterocycles. The highest BCUT2D eigenvalue weighted by Gasteiger charge is 2.22. The fourth-order valence-corrected chi connectivity index (χ4v) is 3.81. The van der Waals surface area contributed by atoms with E-state index in [0.717, 1.165) is 29.1 Å². The van der Waals surface area contributed by atoms with E-state index in [4.69, 9.17) is 4.98 Å². The van der Waals surface area contributed by atoms with E-state index in [9.17, 15) is 0 Å². The summed E-state index contributed by atoms with van der Waals surface area (Å²) in [6.07, 6.45) is 13.0. The zero-order valence-electron chi connectivity index (χ0n) is 12.7. The lowest BCUT2D eigenvalue weighted by atomic mass is 9.95. The molecule has 1 saturated carbocycles. The Morgan fingerprint density at radius 1 is 1.43 bits per heavy atom. The summed E-state index contributed by atoms with van der Waals surface area (Å²) in [6, 6.07) is 0.501. The molecule has 2 aromatic heterocycles. The highest BCUT2D eigenvalue weighted by molar-refractivity contribution is 7.99. The van der Waals surface area contributed by atoms with Crippen molar-refractivity contribution < 1.29 is 0 Å². The standard InChI is InChI=1S/C15H23N5S/c1-3-16-13-10-20-8-7-17-15(20)14(19-13)18-11-5-4-6-12(9-11)21-2/h7-8,10-12,16H,3-6,9H2,1-2H3,(H,18,19). The maximum Gasteiger partial charge on any atom is 0.180 e. The summed E-state index contributed by atoms with van der Waals surface area (Å²) < 4.78 is 2.03. The lowest BCUT2D eigenvalue weighted by Crippen LogP contribution is -2.29. The van der Waals surface area contributed by atoms with E-state index in [0.29, 0.717) is 6.04 Å². The summed E-state index contributed by atoms with van der Waals surface area (Å²) in [5.41, 5.74) is 0.905. The van der Waals surface area contributed by atoms with E-state index >= 15 is 0 Å². The zero-order chi connectivity index (χ0) is 14.7. The van der Waals surface area contributed by atoms with Crippen LogP contribution in [0.3, 0.4) is 0 Å². The minimum Gasteiger partial charge on any atom is -0.369 e. The Balaban J connectivity index is 1.83. The van der Waals surface area contributed by atoms with Gasteiger partial charge in [0, 0.05) is 30.2 Å². The third-order valence-electron chi connectivity index (χ3n) is 4.03. The third kappa shape index (κ3) is 3.26. The number of imidazole rings is 1. The van der Waals surface area contributed by atoms with Crippen LogP contribution in [0, 0.1) is 0 Å². The predicted molar refractivity (Wildman–Crippen MR) is 90.3 cm³/mol. The predicted octanol–water partition coefficient (Wildman–Crippen LogP) is 3.25. The number of nitrogens with one attached hydrogen (secondary N) is 2. The minimum atomic E-state index is 0.501. The highest BCUT2D eigenvalue weighted by Crippen LogP contribution is 2.29. The van der Waals surface area contributed by atoms with Gasteiger partial charge in [-0.05, 0) is 32.4 Å². The smallest absolute Gasteiger partial charge is 0.180 e. The molecule has 3 rings (SSSR count). The number of hydrogen-bond acceptors (Lipinski definition) is 5. The molecule has 2 unspecified atom stereocenters. The Labute approximate surface area is 129 Å². The first-order chi connectivity index (χ1) is 10.3. The van der Waals surface area contributed by atoms with Gasteiger partial charge in [0.15, 0.2) is 11.5 Å². The number of hydrogen-bond donors (Lipinski definition) is 2. The van der Waals surface area contributed by atoms with Crippen LogP contribution >= 0.6 is 11.8 Å². The first-order valence-electron chi connectivity index (χ1n) is 7.67. The Morgan fingerprint density at radius 2 is 2.33 bits per heavy atom. The molecule has 6 heteroatoms. The van der Waals surface area contributed by atoms with E-state index in [1.165, 1.54) is 25.7 Å². The molecule has 0 aromatic carbocycles. The minimum absolute atomic E-state index is 0.501. The van der Waals surface area contributed by atoms with Gasteiger partial charge in [0.1, 0.15) is 5.82 Å². The molecule has 2 N–H and O–H groups in total. The molecule has 1 aliphatic rings. The van der Waals surface area contributed by atoms with E-state index in [-0.39, 0.29) is 0 Å². The number of rotatable bonds is 5. The molecular weight excluding hydrogens is 282 g/mol. The molecule has 0 bridgehead atoms. The van der Waals surface area contributed by atoms with Crippen LogP contribution in [-0.4, -0.2) is 38.5 Å². The van der Waals surface area contributed by atoms with Crippen molar-refractivity contribution in [2.45, 2.75) is 43.9 Å². The van der Waals surface area contributed by atoms with Crippen LogP contribution in [0.15, 0.2) is 18.6 Å². The van der Waals surface area contributed by atoms with Gasteiger partial charge in [-0.25, -0.2) is 9.97 Å². The lowest BCUT2D eigenvalue weighted by molar-refractivity contribution is 0.473. The largest absolute Gasteiger partial charge is 0.369 e. The van der Waals surface area contributed by atoms with Crippen molar-refractivity contribution in [1.29, 1.82) is 0 Å². The first-order valence-corrected chi connectivity index (χ1v) is 8.96. The maximum absolute atomic E-state index is 4.70. The van der Waals surface area contributed by atoms with Crippen molar-refractivity contribution in [2.75, 3.05) is 23.4 Å². The summed E-state index contributed by atoms with van der Waals surface area (Å²) >= 11 is 1.98. The van der Waals surface area contributed by atoms with Gasteiger partial charge in [-0.15, -0.1) is 0 Å². The molecule has 0 amide bonds. The molecule has 0 radical (unpaired) electrons. The maximum atomic E-state index is 4.70. The fraction of sp³-hybridized carbons (Fsp3) is 0.600. The van der Waals surface area contributed by atoms with Crippen LogP contribution in [0.1, 0.15) is 32.6 Å². The summed E-state index contributed by atoms with van der Waals surface area (Å²) in [4.78, 5) is 9.13. The van der Waals surface area contributed by atoms with Crippen LogP contribution in [0.5, 0.6) is 0 Å². The summed E-state index contributed by atoms with van der Waals surface area (Å²) in [7, 11) is 0. The Bertz CT molecular complexity index is 597. The lowest BCUT2D eigenvalue weighted by Gasteiger charge is -2.29. The van der Waals surface area contributed by atoms with Crippen molar-refractivity contribution in [1.82, 2.24) is 14.4 Å². The van der Waals surface area contributed by atoms with Crippen LogP contribution < -0.4 is 10.6 Å². The van der Waals surface area contributed by atoms with Gasteiger partial charge < -0.3 is 15.0 Å². The number of nitrogens with zero attached hydrogens (tertiary/aromatic N) is 3. The molecule has 1 fully saturated rings.